The minimum absolute atomic E-state index is 0.140. The second-order valence-electron chi connectivity index (χ2n) is 6.89. The van der Waals surface area contributed by atoms with Crippen molar-refractivity contribution in [2.45, 2.75) is 18.2 Å². The Labute approximate surface area is 164 Å². The molecule has 0 saturated heterocycles. The number of amides is 1. The zero-order valence-electron chi connectivity index (χ0n) is 15.4. The molecule has 0 bridgehead atoms. The normalized spacial score (nSPS) is 12.3. The molecule has 0 spiro atoms. The maximum Gasteiger partial charge on any atom is 0.241 e. The summed E-state index contributed by atoms with van der Waals surface area (Å²) in [5, 5.41) is 2.77. The molecule has 0 saturated carbocycles. The summed E-state index contributed by atoms with van der Waals surface area (Å²) in [6.07, 6.45) is 0.829. The monoisotopic (exact) mass is 392 g/mol. The molecule has 6 heteroatoms. The summed E-state index contributed by atoms with van der Waals surface area (Å²) in [7, 11) is -3.72. The van der Waals surface area contributed by atoms with E-state index in [2.05, 4.69) is 22.2 Å². The highest BCUT2D eigenvalue weighted by molar-refractivity contribution is 7.89. The van der Waals surface area contributed by atoms with Gasteiger partial charge in [0, 0.05) is 5.69 Å². The van der Waals surface area contributed by atoms with Gasteiger partial charge in [0.2, 0.25) is 15.9 Å². The summed E-state index contributed by atoms with van der Waals surface area (Å²) in [5.74, 6) is -0.411. The van der Waals surface area contributed by atoms with Gasteiger partial charge in [0.15, 0.2) is 0 Å². The van der Waals surface area contributed by atoms with Crippen molar-refractivity contribution in [2.75, 3.05) is 11.9 Å². The molecule has 4 rings (SSSR count). The van der Waals surface area contributed by atoms with E-state index in [-0.39, 0.29) is 11.4 Å². The minimum atomic E-state index is -3.72. The molecule has 142 valence electrons. The van der Waals surface area contributed by atoms with Crippen molar-refractivity contribution in [2.24, 2.45) is 0 Å². The molecular weight excluding hydrogens is 372 g/mol. The first kappa shape index (κ1) is 18.4. The predicted molar refractivity (Wildman–Crippen MR) is 110 cm³/mol. The molecule has 0 aromatic heterocycles. The fraction of sp³-hybridized carbons (Fsp3) is 0.136. The lowest BCUT2D eigenvalue weighted by atomic mass is 10.1. The number of sulfonamides is 1. The van der Waals surface area contributed by atoms with Crippen LogP contribution in [0.3, 0.4) is 0 Å². The zero-order chi connectivity index (χ0) is 19.7. The molecule has 0 unspecified atom stereocenters. The van der Waals surface area contributed by atoms with Crippen LogP contribution in [0.5, 0.6) is 0 Å². The number of carbonyl (C=O) groups is 1. The van der Waals surface area contributed by atoms with Gasteiger partial charge in [-0.1, -0.05) is 48.0 Å². The summed E-state index contributed by atoms with van der Waals surface area (Å²) in [6, 6.07) is 20.5. The first-order valence-corrected chi connectivity index (χ1v) is 10.5. The molecular formula is C22H20N2O3S. The van der Waals surface area contributed by atoms with E-state index in [4.69, 9.17) is 0 Å². The number of benzene rings is 3. The Kier molecular flexibility index (Phi) is 4.75. The second-order valence-corrected chi connectivity index (χ2v) is 8.66. The third kappa shape index (κ3) is 3.69. The van der Waals surface area contributed by atoms with E-state index in [1.54, 1.807) is 12.1 Å². The molecule has 0 atom stereocenters. The number of hydrogen-bond acceptors (Lipinski definition) is 3. The van der Waals surface area contributed by atoms with Crippen LogP contribution < -0.4 is 10.0 Å². The number of nitrogens with one attached hydrogen (secondary N) is 2. The number of fused-ring (bicyclic) bond motifs is 3. The fourth-order valence-electron chi connectivity index (χ4n) is 3.39. The van der Waals surface area contributed by atoms with Crippen molar-refractivity contribution in [3.05, 3.63) is 83.4 Å². The van der Waals surface area contributed by atoms with Crippen molar-refractivity contribution in [3.63, 3.8) is 0 Å². The molecule has 28 heavy (non-hydrogen) atoms. The van der Waals surface area contributed by atoms with Crippen LogP contribution in [0.15, 0.2) is 71.6 Å². The Morgan fingerprint density at radius 2 is 1.64 bits per heavy atom. The third-order valence-corrected chi connectivity index (χ3v) is 6.25. The van der Waals surface area contributed by atoms with E-state index in [0.29, 0.717) is 5.69 Å². The Hall–Kier alpha value is -2.96. The quantitative estimate of drug-likeness (QED) is 0.546. The van der Waals surface area contributed by atoms with Gasteiger partial charge in [-0.2, -0.15) is 0 Å². The van der Waals surface area contributed by atoms with Gasteiger partial charge in [0.25, 0.3) is 0 Å². The van der Waals surface area contributed by atoms with E-state index in [1.807, 2.05) is 37.3 Å². The van der Waals surface area contributed by atoms with Crippen LogP contribution in [-0.4, -0.2) is 20.9 Å². The summed E-state index contributed by atoms with van der Waals surface area (Å²) in [5.41, 5.74) is 6.45. The van der Waals surface area contributed by atoms with Crippen LogP contribution in [0.2, 0.25) is 0 Å². The number of rotatable bonds is 5. The summed E-state index contributed by atoms with van der Waals surface area (Å²) >= 11 is 0. The average Bonchev–Trinajstić information content (AvgIpc) is 3.04. The zero-order valence-corrected chi connectivity index (χ0v) is 16.2. The fourth-order valence-corrected chi connectivity index (χ4v) is 4.37. The van der Waals surface area contributed by atoms with E-state index >= 15 is 0 Å². The van der Waals surface area contributed by atoms with Crippen LogP contribution in [0.25, 0.3) is 11.1 Å². The maximum absolute atomic E-state index is 12.3. The molecule has 1 aliphatic carbocycles. The van der Waals surface area contributed by atoms with Crippen LogP contribution in [0, 0.1) is 6.92 Å². The van der Waals surface area contributed by atoms with Gasteiger partial charge < -0.3 is 5.32 Å². The van der Waals surface area contributed by atoms with Crippen molar-refractivity contribution in [3.8, 4) is 11.1 Å². The van der Waals surface area contributed by atoms with Crippen LogP contribution in [-0.2, 0) is 21.2 Å². The van der Waals surface area contributed by atoms with Crippen LogP contribution in [0.1, 0.15) is 16.7 Å². The Balaban J connectivity index is 1.41. The number of aryl methyl sites for hydroxylation is 1. The molecule has 0 radical (unpaired) electrons. The number of carbonyl (C=O) groups excluding carboxylic acids is 1. The molecule has 1 amide bonds. The standard InChI is InChI=1S/C22H20N2O3S/c1-15-6-9-19(10-7-15)28(26,27)23-14-22(25)24-18-8-11-21-17(13-18)12-16-4-2-3-5-20(16)21/h2-11,13,23H,12,14H2,1H3,(H,24,25). The molecule has 1 aliphatic rings. The molecule has 3 aromatic carbocycles. The van der Waals surface area contributed by atoms with E-state index < -0.39 is 15.9 Å². The average molecular weight is 392 g/mol. The Morgan fingerprint density at radius 1 is 0.929 bits per heavy atom. The SMILES string of the molecule is Cc1ccc(S(=O)(=O)NCC(=O)Nc2ccc3c(c2)Cc2ccccc2-3)cc1. The Morgan fingerprint density at radius 3 is 2.43 bits per heavy atom. The smallest absolute Gasteiger partial charge is 0.241 e. The van der Waals surface area contributed by atoms with Crippen molar-refractivity contribution in [1.29, 1.82) is 0 Å². The van der Waals surface area contributed by atoms with Gasteiger partial charge in [0.1, 0.15) is 0 Å². The Bertz CT molecular complexity index is 1150. The number of hydrogen-bond donors (Lipinski definition) is 2. The molecule has 0 aliphatic heterocycles. The topological polar surface area (TPSA) is 75.3 Å². The number of anilines is 1. The van der Waals surface area contributed by atoms with Crippen molar-refractivity contribution < 1.29 is 13.2 Å². The van der Waals surface area contributed by atoms with Gasteiger partial charge in [-0.25, -0.2) is 13.1 Å². The van der Waals surface area contributed by atoms with Gasteiger partial charge in [-0.15, -0.1) is 0 Å². The highest BCUT2D eigenvalue weighted by Crippen LogP contribution is 2.37. The van der Waals surface area contributed by atoms with E-state index in [1.165, 1.54) is 28.8 Å². The molecule has 0 heterocycles. The third-order valence-electron chi connectivity index (χ3n) is 4.83. The maximum atomic E-state index is 12.3. The van der Waals surface area contributed by atoms with Crippen LogP contribution >= 0.6 is 0 Å². The van der Waals surface area contributed by atoms with Gasteiger partial charge in [-0.05, 0) is 59.9 Å². The van der Waals surface area contributed by atoms with Gasteiger partial charge in [-0.3, -0.25) is 4.79 Å². The molecule has 2 N–H and O–H groups in total. The highest BCUT2D eigenvalue weighted by Gasteiger charge is 2.19. The largest absolute Gasteiger partial charge is 0.325 e. The van der Waals surface area contributed by atoms with Crippen molar-refractivity contribution in [1.82, 2.24) is 4.72 Å². The molecule has 0 fully saturated rings. The lowest BCUT2D eigenvalue weighted by molar-refractivity contribution is -0.115. The van der Waals surface area contributed by atoms with Crippen LogP contribution in [0.4, 0.5) is 5.69 Å². The molecule has 5 nitrogen and oxygen atoms in total. The summed E-state index contributed by atoms with van der Waals surface area (Å²) < 4.78 is 26.9. The van der Waals surface area contributed by atoms with E-state index in [9.17, 15) is 13.2 Å². The minimum Gasteiger partial charge on any atom is -0.325 e. The lowest BCUT2D eigenvalue weighted by Crippen LogP contribution is -2.32. The lowest BCUT2D eigenvalue weighted by Gasteiger charge is -2.09. The summed E-state index contributed by atoms with van der Waals surface area (Å²) in [6.45, 7) is 1.56. The van der Waals surface area contributed by atoms with Gasteiger partial charge >= 0.3 is 0 Å². The second kappa shape index (κ2) is 7.22. The molecule has 3 aromatic rings. The van der Waals surface area contributed by atoms with Crippen molar-refractivity contribution >= 4 is 21.6 Å². The summed E-state index contributed by atoms with van der Waals surface area (Å²) in [4.78, 5) is 12.4. The van der Waals surface area contributed by atoms with E-state index in [0.717, 1.165) is 17.5 Å². The van der Waals surface area contributed by atoms with Gasteiger partial charge in [0.05, 0.1) is 11.4 Å². The first-order chi connectivity index (χ1) is 13.4. The highest BCUT2D eigenvalue weighted by atomic mass is 32.2. The predicted octanol–water partition coefficient (Wildman–Crippen LogP) is 3.48. The first-order valence-electron chi connectivity index (χ1n) is 9.00.